The van der Waals surface area contributed by atoms with Crippen LogP contribution in [0.3, 0.4) is 0 Å². The topological polar surface area (TPSA) is 63.6 Å². The first-order chi connectivity index (χ1) is 15.0. The zero-order valence-electron chi connectivity index (χ0n) is 16.8. The second-order valence-corrected chi connectivity index (χ2v) is 7.96. The molecule has 0 spiro atoms. The molecule has 156 valence electrons. The number of rotatable bonds is 7. The maximum absolute atomic E-state index is 12.2. The van der Waals surface area contributed by atoms with Crippen molar-refractivity contribution in [2.75, 3.05) is 0 Å². The lowest BCUT2D eigenvalue weighted by Crippen LogP contribution is -2.02. The molecule has 0 aromatic heterocycles. The second kappa shape index (κ2) is 9.19. The third kappa shape index (κ3) is 5.04. The minimum atomic E-state index is -0.774. The quantitative estimate of drug-likeness (QED) is 0.340. The van der Waals surface area contributed by atoms with Gasteiger partial charge in [-0.2, -0.15) is 0 Å². The van der Waals surface area contributed by atoms with E-state index < -0.39 is 5.97 Å². The monoisotopic (exact) mass is 432 g/mol. The minimum absolute atomic E-state index is 0.0646. The molecule has 4 rings (SSSR count). The standard InChI is InChI=1S/C26H21ClO4/c27-23-14-17(6-12-24(28)18-4-2-1-3-5-18)7-13-25(23)31-21-10-11-22-19(15-21)8-9-20(22)16-26(29)30/h1-7,10-15,20H,8-9,16H2,(H,29,30)/t20-/m0/s1. The van der Waals surface area contributed by atoms with Crippen LogP contribution in [0.4, 0.5) is 0 Å². The van der Waals surface area contributed by atoms with Crippen LogP contribution in [0, 0.1) is 0 Å². The molecular weight excluding hydrogens is 412 g/mol. The Morgan fingerprint density at radius 3 is 2.61 bits per heavy atom. The van der Waals surface area contributed by atoms with Crippen LogP contribution in [-0.2, 0) is 11.2 Å². The number of carboxylic acid groups (broad SMARTS) is 1. The zero-order chi connectivity index (χ0) is 21.8. The number of ether oxygens (including phenoxy) is 1. The van der Waals surface area contributed by atoms with Gasteiger partial charge in [0, 0.05) is 5.56 Å². The summed E-state index contributed by atoms with van der Waals surface area (Å²) >= 11 is 6.40. The SMILES string of the molecule is O=C(O)C[C@@H]1CCc2cc(Oc3ccc(C=CC(=O)c4ccccc4)cc3Cl)ccc21. The number of fused-ring (bicyclic) bond motifs is 1. The Hall–Kier alpha value is -3.37. The molecule has 0 bridgehead atoms. The van der Waals surface area contributed by atoms with E-state index >= 15 is 0 Å². The number of halogens is 1. The summed E-state index contributed by atoms with van der Waals surface area (Å²) in [5, 5.41) is 9.51. The van der Waals surface area contributed by atoms with Crippen molar-refractivity contribution in [3.05, 3.63) is 100 Å². The summed E-state index contributed by atoms with van der Waals surface area (Å²) in [5.41, 5.74) is 3.64. The van der Waals surface area contributed by atoms with Gasteiger partial charge in [0.2, 0.25) is 0 Å². The fraction of sp³-hybridized carbons (Fsp3) is 0.154. The molecule has 0 heterocycles. The molecule has 3 aromatic carbocycles. The normalized spacial score (nSPS) is 15.1. The molecule has 1 N–H and O–H groups in total. The zero-order valence-corrected chi connectivity index (χ0v) is 17.5. The third-order valence-corrected chi connectivity index (χ3v) is 5.70. The number of carbonyl (C=O) groups is 2. The highest BCUT2D eigenvalue weighted by molar-refractivity contribution is 6.32. The van der Waals surface area contributed by atoms with E-state index in [0.29, 0.717) is 22.1 Å². The Morgan fingerprint density at radius 2 is 1.87 bits per heavy atom. The predicted octanol–water partition coefficient (Wildman–Crippen LogP) is 6.53. The van der Waals surface area contributed by atoms with Crippen LogP contribution in [-0.4, -0.2) is 16.9 Å². The second-order valence-electron chi connectivity index (χ2n) is 7.55. The number of ketones is 1. The summed E-state index contributed by atoms with van der Waals surface area (Å²) in [6.07, 6.45) is 5.09. The van der Waals surface area contributed by atoms with E-state index in [1.54, 1.807) is 30.3 Å². The van der Waals surface area contributed by atoms with Crippen molar-refractivity contribution in [2.45, 2.75) is 25.2 Å². The van der Waals surface area contributed by atoms with Gasteiger partial charge < -0.3 is 9.84 Å². The molecule has 0 unspecified atom stereocenters. The summed E-state index contributed by atoms with van der Waals surface area (Å²) in [6.45, 7) is 0. The van der Waals surface area contributed by atoms with E-state index in [1.165, 1.54) is 6.08 Å². The minimum Gasteiger partial charge on any atom is -0.481 e. The van der Waals surface area contributed by atoms with Crippen LogP contribution in [0.2, 0.25) is 5.02 Å². The Labute approximate surface area is 185 Å². The molecule has 0 fully saturated rings. The van der Waals surface area contributed by atoms with Crippen molar-refractivity contribution in [3.63, 3.8) is 0 Å². The van der Waals surface area contributed by atoms with Gasteiger partial charge in [0.1, 0.15) is 11.5 Å². The molecule has 0 amide bonds. The Kier molecular flexibility index (Phi) is 6.19. The highest BCUT2D eigenvalue weighted by Gasteiger charge is 2.25. The smallest absolute Gasteiger partial charge is 0.303 e. The molecule has 31 heavy (non-hydrogen) atoms. The summed E-state index contributed by atoms with van der Waals surface area (Å²) in [4.78, 5) is 23.2. The maximum Gasteiger partial charge on any atom is 0.303 e. The van der Waals surface area contributed by atoms with Crippen LogP contribution in [0.1, 0.15) is 45.8 Å². The van der Waals surface area contributed by atoms with Gasteiger partial charge in [-0.25, -0.2) is 0 Å². The lowest BCUT2D eigenvalue weighted by atomic mass is 9.98. The molecule has 3 aromatic rings. The first kappa shape index (κ1) is 20.9. The van der Waals surface area contributed by atoms with E-state index in [2.05, 4.69) is 0 Å². The molecule has 5 heteroatoms. The van der Waals surface area contributed by atoms with Gasteiger partial charge in [-0.05, 0) is 65.8 Å². The number of aliphatic carboxylic acids is 1. The summed E-state index contributed by atoms with van der Waals surface area (Å²) in [5.74, 6) is 0.406. The van der Waals surface area contributed by atoms with Gasteiger partial charge in [-0.15, -0.1) is 0 Å². The molecule has 1 aliphatic carbocycles. The van der Waals surface area contributed by atoms with Gasteiger partial charge in [0.05, 0.1) is 11.4 Å². The number of carboxylic acids is 1. The maximum atomic E-state index is 12.2. The van der Waals surface area contributed by atoms with Gasteiger partial charge in [-0.3, -0.25) is 9.59 Å². The van der Waals surface area contributed by atoms with Crippen molar-refractivity contribution in [3.8, 4) is 11.5 Å². The lowest BCUT2D eigenvalue weighted by molar-refractivity contribution is -0.137. The Balaban J connectivity index is 1.45. The molecule has 4 nitrogen and oxygen atoms in total. The average Bonchev–Trinajstić information content (AvgIpc) is 3.15. The highest BCUT2D eigenvalue weighted by Crippen LogP contribution is 2.39. The van der Waals surface area contributed by atoms with Crippen molar-refractivity contribution in [1.29, 1.82) is 0 Å². The third-order valence-electron chi connectivity index (χ3n) is 5.41. The van der Waals surface area contributed by atoms with Crippen LogP contribution >= 0.6 is 11.6 Å². The van der Waals surface area contributed by atoms with Crippen molar-refractivity contribution >= 4 is 29.4 Å². The lowest BCUT2D eigenvalue weighted by Gasteiger charge is -2.12. The Bertz CT molecular complexity index is 1150. The van der Waals surface area contributed by atoms with E-state index in [1.807, 2.05) is 42.5 Å². The van der Waals surface area contributed by atoms with Gasteiger partial charge in [0.15, 0.2) is 5.78 Å². The van der Waals surface area contributed by atoms with Crippen LogP contribution in [0.5, 0.6) is 11.5 Å². The number of allylic oxidation sites excluding steroid dienone is 1. The van der Waals surface area contributed by atoms with Crippen LogP contribution in [0.25, 0.3) is 6.08 Å². The van der Waals surface area contributed by atoms with Crippen LogP contribution < -0.4 is 4.74 Å². The summed E-state index contributed by atoms with van der Waals surface area (Å²) in [7, 11) is 0. The molecule has 0 radical (unpaired) electrons. The van der Waals surface area contributed by atoms with E-state index in [-0.39, 0.29) is 18.1 Å². The van der Waals surface area contributed by atoms with E-state index in [9.17, 15) is 9.59 Å². The van der Waals surface area contributed by atoms with Gasteiger partial charge in [-0.1, -0.05) is 60.1 Å². The molecule has 0 saturated carbocycles. The van der Waals surface area contributed by atoms with E-state index in [4.69, 9.17) is 21.4 Å². The van der Waals surface area contributed by atoms with Gasteiger partial charge in [0.25, 0.3) is 0 Å². The number of carbonyl (C=O) groups excluding carboxylic acids is 1. The number of benzene rings is 3. The first-order valence-electron chi connectivity index (χ1n) is 10.1. The van der Waals surface area contributed by atoms with E-state index in [0.717, 1.165) is 29.5 Å². The summed E-state index contributed by atoms with van der Waals surface area (Å²) < 4.78 is 5.96. The average molecular weight is 433 g/mol. The molecular formula is C26H21ClO4. The highest BCUT2D eigenvalue weighted by atomic mass is 35.5. The molecule has 0 aliphatic heterocycles. The summed E-state index contributed by atoms with van der Waals surface area (Å²) in [6, 6.07) is 20.2. The largest absolute Gasteiger partial charge is 0.481 e. The van der Waals surface area contributed by atoms with Crippen molar-refractivity contribution < 1.29 is 19.4 Å². The van der Waals surface area contributed by atoms with Crippen molar-refractivity contribution in [2.24, 2.45) is 0 Å². The van der Waals surface area contributed by atoms with Crippen LogP contribution in [0.15, 0.2) is 72.8 Å². The fourth-order valence-electron chi connectivity index (χ4n) is 3.87. The number of hydrogen-bond acceptors (Lipinski definition) is 3. The molecule has 1 atom stereocenters. The number of hydrogen-bond donors (Lipinski definition) is 1. The first-order valence-corrected chi connectivity index (χ1v) is 10.5. The van der Waals surface area contributed by atoms with Crippen molar-refractivity contribution in [1.82, 2.24) is 0 Å². The molecule has 1 aliphatic rings. The number of aryl methyl sites for hydroxylation is 1. The fourth-order valence-corrected chi connectivity index (χ4v) is 4.10. The Morgan fingerprint density at radius 1 is 1.06 bits per heavy atom. The van der Waals surface area contributed by atoms with Gasteiger partial charge >= 0.3 is 5.97 Å². The molecule has 0 saturated heterocycles. The predicted molar refractivity (Wildman–Crippen MR) is 121 cm³/mol.